The first kappa shape index (κ1) is 16.9. The van der Waals surface area contributed by atoms with Gasteiger partial charge in [0.25, 0.3) is 0 Å². The monoisotopic (exact) mass is 296 g/mol. The van der Waals surface area contributed by atoms with Crippen LogP contribution in [0.3, 0.4) is 0 Å². The molecular weight excluding hydrogens is 272 g/mol. The van der Waals surface area contributed by atoms with Crippen molar-refractivity contribution in [2.45, 2.75) is 56.6 Å². The Kier molecular flexibility index (Phi) is 5.93. The van der Waals surface area contributed by atoms with Crippen LogP contribution in [0.1, 0.15) is 46.6 Å². The molecule has 0 aliphatic rings. The molecule has 0 saturated carbocycles. The molecule has 0 aliphatic carbocycles. The largest absolute Gasteiger partial charge is 0.465 e. The number of hydrogen-bond acceptors (Lipinski definition) is 3. The second kappa shape index (κ2) is 7.02. The van der Waals surface area contributed by atoms with Gasteiger partial charge in [0, 0.05) is 4.90 Å². The van der Waals surface area contributed by atoms with Gasteiger partial charge in [-0.1, -0.05) is 39.8 Å². The van der Waals surface area contributed by atoms with Gasteiger partial charge in [0.05, 0.1) is 17.4 Å². The van der Waals surface area contributed by atoms with E-state index in [1.165, 1.54) is 5.56 Å². The molecule has 1 rings (SSSR count). The molecule has 0 saturated heterocycles. The van der Waals surface area contributed by atoms with Crippen molar-refractivity contribution in [2.75, 3.05) is 6.61 Å². The molecule has 112 valence electrons. The predicted molar refractivity (Wildman–Crippen MR) is 82.3 cm³/mol. The summed E-state index contributed by atoms with van der Waals surface area (Å²) in [5, 5.41) is -0.588. The fraction of sp³-hybridized carbons (Fsp3) is 0.562. The highest BCUT2D eigenvalue weighted by molar-refractivity contribution is 7.86. The van der Waals surface area contributed by atoms with E-state index in [1.807, 2.05) is 31.2 Å². The van der Waals surface area contributed by atoms with Crippen molar-refractivity contribution in [3.63, 3.8) is 0 Å². The molecule has 0 heterocycles. The van der Waals surface area contributed by atoms with E-state index in [0.29, 0.717) is 17.9 Å². The highest BCUT2D eigenvalue weighted by Crippen LogP contribution is 2.24. The molecule has 4 heteroatoms. The Morgan fingerprint density at radius 3 is 2.15 bits per heavy atom. The van der Waals surface area contributed by atoms with Crippen molar-refractivity contribution < 1.29 is 13.7 Å². The summed E-state index contributed by atoms with van der Waals surface area (Å²) >= 11 is 0. The summed E-state index contributed by atoms with van der Waals surface area (Å²) in [5.74, 6) is -0.381. The highest BCUT2D eigenvalue weighted by atomic mass is 32.2. The summed E-state index contributed by atoms with van der Waals surface area (Å²) in [6, 6.07) is 7.65. The predicted octanol–water partition coefficient (Wildman–Crippen LogP) is 3.43. The van der Waals surface area contributed by atoms with Crippen molar-refractivity contribution in [1.29, 1.82) is 0 Å². The van der Waals surface area contributed by atoms with Crippen LogP contribution in [0, 0.1) is 0 Å². The minimum absolute atomic E-state index is 0.0608. The fourth-order valence-electron chi connectivity index (χ4n) is 1.89. The van der Waals surface area contributed by atoms with Crippen LogP contribution in [-0.4, -0.2) is 22.0 Å². The SMILES string of the molecule is CCOC(=O)C(CC)S(=O)c1ccc(C(C)(C)C)cc1. The lowest BCUT2D eigenvalue weighted by Crippen LogP contribution is -2.27. The van der Waals surface area contributed by atoms with Gasteiger partial charge >= 0.3 is 5.97 Å². The smallest absolute Gasteiger partial charge is 0.322 e. The third-order valence-corrected chi connectivity index (χ3v) is 4.91. The Hall–Kier alpha value is -1.16. The van der Waals surface area contributed by atoms with Crippen LogP contribution in [0.5, 0.6) is 0 Å². The zero-order chi connectivity index (χ0) is 15.3. The van der Waals surface area contributed by atoms with Crippen molar-refractivity contribution in [1.82, 2.24) is 0 Å². The van der Waals surface area contributed by atoms with Gasteiger partial charge in [0.1, 0.15) is 5.25 Å². The van der Waals surface area contributed by atoms with Crippen LogP contribution in [-0.2, 0) is 25.7 Å². The third-order valence-electron chi connectivity index (χ3n) is 3.13. The molecule has 0 spiro atoms. The van der Waals surface area contributed by atoms with Crippen LogP contribution in [0.25, 0.3) is 0 Å². The summed E-state index contributed by atoms with van der Waals surface area (Å²) in [4.78, 5) is 12.5. The lowest BCUT2D eigenvalue weighted by atomic mass is 9.87. The van der Waals surface area contributed by atoms with Gasteiger partial charge < -0.3 is 4.74 Å². The molecule has 1 aromatic carbocycles. The Bertz CT molecular complexity index is 471. The minimum atomic E-state index is -1.36. The summed E-state index contributed by atoms with van der Waals surface area (Å²) in [5.41, 5.74) is 1.24. The molecule has 3 nitrogen and oxygen atoms in total. The lowest BCUT2D eigenvalue weighted by Gasteiger charge is -2.19. The van der Waals surface area contributed by atoms with E-state index in [9.17, 15) is 9.00 Å². The Morgan fingerprint density at radius 1 is 1.20 bits per heavy atom. The number of esters is 1. The molecule has 1 aromatic rings. The first-order valence-electron chi connectivity index (χ1n) is 6.99. The van der Waals surface area contributed by atoms with Crippen LogP contribution < -0.4 is 0 Å². The van der Waals surface area contributed by atoms with E-state index in [0.717, 1.165) is 0 Å². The van der Waals surface area contributed by atoms with Crippen molar-refractivity contribution in [2.24, 2.45) is 0 Å². The van der Waals surface area contributed by atoms with Gasteiger partial charge in [-0.3, -0.25) is 9.00 Å². The van der Waals surface area contributed by atoms with E-state index in [4.69, 9.17) is 4.74 Å². The van der Waals surface area contributed by atoms with Gasteiger partial charge in [0.2, 0.25) is 0 Å². The van der Waals surface area contributed by atoms with Gasteiger partial charge in [-0.25, -0.2) is 0 Å². The maximum Gasteiger partial charge on any atom is 0.322 e. The Labute approximate surface area is 124 Å². The molecular formula is C16H24O3S. The summed E-state index contributed by atoms with van der Waals surface area (Å²) < 4.78 is 17.4. The second-order valence-corrected chi connectivity index (χ2v) is 7.36. The molecule has 0 bridgehead atoms. The number of benzene rings is 1. The topological polar surface area (TPSA) is 43.4 Å². The summed E-state index contributed by atoms with van der Waals surface area (Å²) in [7, 11) is -1.36. The number of ether oxygens (including phenoxy) is 1. The standard InChI is InChI=1S/C16H24O3S/c1-6-14(15(17)19-7-2)20(18)13-10-8-12(9-11-13)16(3,4)5/h8-11,14H,6-7H2,1-5H3. The van der Waals surface area contributed by atoms with Crippen LogP contribution in [0.4, 0.5) is 0 Å². The van der Waals surface area contributed by atoms with Crippen LogP contribution >= 0.6 is 0 Å². The average Bonchev–Trinajstić information content (AvgIpc) is 2.39. The van der Waals surface area contributed by atoms with Crippen LogP contribution in [0.2, 0.25) is 0 Å². The van der Waals surface area contributed by atoms with Crippen molar-refractivity contribution >= 4 is 16.8 Å². The first-order chi connectivity index (χ1) is 9.31. The summed E-state index contributed by atoms with van der Waals surface area (Å²) in [6.07, 6.45) is 0.506. The van der Waals surface area contributed by atoms with E-state index in [1.54, 1.807) is 6.92 Å². The molecule has 0 radical (unpaired) electrons. The second-order valence-electron chi connectivity index (χ2n) is 5.72. The minimum Gasteiger partial charge on any atom is -0.465 e. The Balaban J connectivity index is 2.94. The summed E-state index contributed by atoms with van der Waals surface area (Å²) in [6.45, 7) is 10.3. The number of hydrogen-bond donors (Lipinski definition) is 0. The maximum atomic E-state index is 12.5. The van der Waals surface area contributed by atoms with Gasteiger partial charge in [-0.2, -0.15) is 0 Å². The van der Waals surface area contributed by atoms with Crippen molar-refractivity contribution in [3.8, 4) is 0 Å². The molecule has 2 unspecified atom stereocenters. The zero-order valence-electron chi connectivity index (χ0n) is 12.9. The fourth-order valence-corrected chi connectivity index (χ4v) is 3.17. The maximum absolute atomic E-state index is 12.5. The van der Waals surface area contributed by atoms with Gasteiger partial charge in [0.15, 0.2) is 0 Å². The van der Waals surface area contributed by atoms with E-state index in [-0.39, 0.29) is 11.4 Å². The molecule has 20 heavy (non-hydrogen) atoms. The molecule has 0 N–H and O–H groups in total. The molecule has 0 aromatic heterocycles. The first-order valence-corrected chi connectivity index (χ1v) is 8.20. The molecule has 0 aliphatic heterocycles. The van der Waals surface area contributed by atoms with E-state index >= 15 is 0 Å². The number of carbonyl (C=O) groups is 1. The normalized spacial score (nSPS) is 14.7. The average molecular weight is 296 g/mol. The van der Waals surface area contributed by atoms with E-state index in [2.05, 4.69) is 20.8 Å². The third kappa shape index (κ3) is 4.17. The van der Waals surface area contributed by atoms with Gasteiger partial charge in [-0.15, -0.1) is 0 Å². The number of rotatable bonds is 5. The van der Waals surface area contributed by atoms with E-state index < -0.39 is 16.0 Å². The number of carbonyl (C=O) groups excluding carboxylic acids is 1. The molecule has 0 fully saturated rings. The van der Waals surface area contributed by atoms with Crippen LogP contribution in [0.15, 0.2) is 29.2 Å². The quantitative estimate of drug-likeness (QED) is 0.782. The molecule has 2 atom stereocenters. The highest BCUT2D eigenvalue weighted by Gasteiger charge is 2.26. The van der Waals surface area contributed by atoms with Crippen molar-refractivity contribution in [3.05, 3.63) is 29.8 Å². The Morgan fingerprint density at radius 2 is 1.75 bits per heavy atom. The lowest BCUT2D eigenvalue weighted by molar-refractivity contribution is -0.142. The zero-order valence-corrected chi connectivity index (χ0v) is 13.8. The van der Waals surface area contributed by atoms with Gasteiger partial charge in [-0.05, 0) is 36.5 Å². The molecule has 0 amide bonds.